The Morgan fingerprint density at radius 1 is 0.943 bits per heavy atom. The molecule has 0 radical (unpaired) electrons. The third kappa shape index (κ3) is 5.98. The molecule has 0 spiro atoms. The van der Waals surface area contributed by atoms with Crippen LogP contribution >= 0.6 is 0 Å². The summed E-state index contributed by atoms with van der Waals surface area (Å²) in [6.45, 7) is 5.23. The van der Waals surface area contributed by atoms with Crippen molar-refractivity contribution in [3.8, 4) is 11.1 Å². The number of alkyl carbamates (subject to hydrolysis) is 1. The van der Waals surface area contributed by atoms with Crippen molar-refractivity contribution < 1.29 is 33.8 Å². The highest BCUT2D eigenvalue weighted by Gasteiger charge is 2.36. The molecule has 9 heteroatoms. The summed E-state index contributed by atoms with van der Waals surface area (Å²) < 4.78 is 10.0. The maximum atomic E-state index is 12.9. The van der Waals surface area contributed by atoms with Gasteiger partial charge in [-0.25, -0.2) is 9.59 Å². The second kappa shape index (κ2) is 10.6. The van der Waals surface area contributed by atoms with Gasteiger partial charge in [-0.05, 0) is 27.7 Å². The summed E-state index contributed by atoms with van der Waals surface area (Å²) in [5.74, 6) is -3.07. The molecule has 2 amide bonds. The highest BCUT2D eigenvalue weighted by molar-refractivity contribution is 5.91. The minimum Gasteiger partial charge on any atom is -0.480 e. The van der Waals surface area contributed by atoms with Gasteiger partial charge in [0.05, 0.1) is 13.5 Å². The number of benzene rings is 2. The second-order valence-corrected chi connectivity index (χ2v) is 9.45. The van der Waals surface area contributed by atoms with Crippen LogP contribution in [0.5, 0.6) is 0 Å². The summed E-state index contributed by atoms with van der Waals surface area (Å²) in [5.41, 5.74) is 3.52. The zero-order valence-corrected chi connectivity index (χ0v) is 20.2. The van der Waals surface area contributed by atoms with E-state index in [-0.39, 0.29) is 12.5 Å². The summed E-state index contributed by atoms with van der Waals surface area (Å²) in [5, 5.41) is 14.2. The van der Waals surface area contributed by atoms with E-state index in [1.807, 2.05) is 48.5 Å². The van der Waals surface area contributed by atoms with Gasteiger partial charge in [0.2, 0.25) is 5.91 Å². The molecule has 0 aromatic heterocycles. The Morgan fingerprint density at radius 3 is 1.97 bits per heavy atom. The lowest BCUT2D eigenvalue weighted by molar-refractivity contribution is -0.149. The molecule has 35 heavy (non-hydrogen) atoms. The number of fused-ring (bicyclic) bond motifs is 3. The van der Waals surface area contributed by atoms with E-state index in [1.54, 1.807) is 20.8 Å². The predicted octanol–water partition coefficient (Wildman–Crippen LogP) is 3.07. The molecule has 0 heterocycles. The third-order valence-electron chi connectivity index (χ3n) is 5.95. The van der Waals surface area contributed by atoms with Crippen molar-refractivity contribution in [1.29, 1.82) is 0 Å². The number of carbonyl (C=O) groups excluding carboxylic acids is 3. The third-order valence-corrected chi connectivity index (χ3v) is 5.95. The van der Waals surface area contributed by atoms with Gasteiger partial charge in [0.15, 0.2) is 0 Å². The van der Waals surface area contributed by atoms with Crippen molar-refractivity contribution in [3.05, 3.63) is 59.7 Å². The quantitative estimate of drug-likeness (QED) is 0.493. The number of esters is 1. The van der Waals surface area contributed by atoms with Crippen LogP contribution in [0.25, 0.3) is 11.1 Å². The van der Waals surface area contributed by atoms with Crippen LogP contribution in [0.3, 0.4) is 0 Å². The topological polar surface area (TPSA) is 131 Å². The molecule has 0 saturated carbocycles. The first-order chi connectivity index (χ1) is 16.5. The number of carbonyl (C=O) groups is 4. The normalized spacial score (nSPS) is 14.2. The van der Waals surface area contributed by atoms with Gasteiger partial charge >= 0.3 is 18.0 Å². The van der Waals surface area contributed by atoms with Crippen molar-refractivity contribution in [3.63, 3.8) is 0 Å². The van der Waals surface area contributed by atoms with Crippen LogP contribution in [0.2, 0.25) is 0 Å². The van der Waals surface area contributed by atoms with Crippen LogP contribution in [0, 0.1) is 5.41 Å². The van der Waals surface area contributed by atoms with Gasteiger partial charge in [0.1, 0.15) is 18.7 Å². The summed E-state index contributed by atoms with van der Waals surface area (Å²) >= 11 is 0. The van der Waals surface area contributed by atoms with Crippen LogP contribution < -0.4 is 10.6 Å². The van der Waals surface area contributed by atoms with Gasteiger partial charge in [0.25, 0.3) is 0 Å². The zero-order valence-electron chi connectivity index (χ0n) is 20.2. The standard InChI is InChI=1S/C26H30N2O7/c1-26(2,3)22(23(30)27-20(24(31)32)13-21(29)34-4)28-25(33)35-14-19-17-11-7-5-9-15(17)16-10-6-8-12-18(16)19/h5-12,19-20,22H,13-14H2,1-4H3,(H,27,30)(H,28,33)(H,31,32)/t20-,22?/m0/s1. The SMILES string of the molecule is COC(=O)C[C@H](NC(=O)C(NC(=O)OCC1c2ccccc2-c2ccccc21)C(C)(C)C)C(=O)O. The first-order valence-corrected chi connectivity index (χ1v) is 11.2. The van der Waals surface area contributed by atoms with E-state index in [2.05, 4.69) is 15.4 Å². The smallest absolute Gasteiger partial charge is 0.407 e. The Labute approximate surface area is 203 Å². The fraction of sp³-hybridized carbons (Fsp3) is 0.385. The van der Waals surface area contributed by atoms with Gasteiger partial charge < -0.3 is 25.2 Å². The number of hydrogen-bond acceptors (Lipinski definition) is 6. The lowest BCUT2D eigenvalue weighted by atomic mass is 9.86. The van der Waals surface area contributed by atoms with E-state index in [9.17, 15) is 24.3 Å². The number of rotatable bonds is 8. The van der Waals surface area contributed by atoms with Crippen molar-refractivity contribution >= 4 is 23.9 Å². The van der Waals surface area contributed by atoms with Crippen LogP contribution in [0.4, 0.5) is 4.79 Å². The molecule has 1 aliphatic rings. The van der Waals surface area contributed by atoms with E-state index >= 15 is 0 Å². The van der Waals surface area contributed by atoms with Gasteiger partial charge in [-0.3, -0.25) is 9.59 Å². The molecule has 1 unspecified atom stereocenters. The van der Waals surface area contributed by atoms with Gasteiger partial charge in [-0.15, -0.1) is 0 Å². The summed E-state index contributed by atoms with van der Waals surface area (Å²) in [4.78, 5) is 48.6. The van der Waals surface area contributed by atoms with Crippen LogP contribution in [0.1, 0.15) is 44.2 Å². The molecular weight excluding hydrogens is 452 g/mol. The fourth-order valence-electron chi connectivity index (χ4n) is 4.14. The lowest BCUT2D eigenvalue weighted by Crippen LogP contribution is -2.57. The highest BCUT2D eigenvalue weighted by atomic mass is 16.5. The molecule has 2 aromatic carbocycles. The van der Waals surface area contributed by atoms with E-state index in [4.69, 9.17) is 4.74 Å². The minimum atomic E-state index is -1.50. The van der Waals surface area contributed by atoms with E-state index < -0.39 is 47.9 Å². The largest absolute Gasteiger partial charge is 0.480 e. The molecule has 0 bridgehead atoms. The van der Waals surface area contributed by atoms with Gasteiger partial charge in [0, 0.05) is 5.92 Å². The van der Waals surface area contributed by atoms with Gasteiger partial charge in [-0.2, -0.15) is 0 Å². The average molecular weight is 483 g/mol. The first-order valence-electron chi connectivity index (χ1n) is 11.2. The van der Waals surface area contributed by atoms with Crippen LogP contribution in [-0.4, -0.2) is 54.8 Å². The van der Waals surface area contributed by atoms with E-state index in [0.29, 0.717) is 0 Å². The average Bonchev–Trinajstić information content (AvgIpc) is 3.13. The minimum absolute atomic E-state index is 0.0679. The molecule has 1 aliphatic carbocycles. The summed E-state index contributed by atoms with van der Waals surface area (Å²) in [7, 11) is 1.12. The number of carboxylic acids is 1. The Hall–Kier alpha value is -3.88. The number of aliphatic carboxylic acids is 1. The van der Waals surface area contributed by atoms with Crippen molar-refractivity contribution in [1.82, 2.24) is 10.6 Å². The van der Waals surface area contributed by atoms with Crippen molar-refractivity contribution in [2.45, 2.75) is 45.2 Å². The molecule has 0 saturated heterocycles. The molecule has 2 aromatic rings. The van der Waals surface area contributed by atoms with Gasteiger partial charge in [-0.1, -0.05) is 69.3 Å². The number of nitrogens with one attached hydrogen (secondary N) is 2. The molecule has 3 N–H and O–H groups in total. The fourth-order valence-corrected chi connectivity index (χ4v) is 4.14. The zero-order chi connectivity index (χ0) is 25.8. The number of amides is 2. The Kier molecular flexibility index (Phi) is 7.78. The number of carboxylic acid groups (broad SMARTS) is 1. The summed E-state index contributed by atoms with van der Waals surface area (Å²) in [6, 6.07) is 13.2. The molecule has 0 fully saturated rings. The first kappa shape index (κ1) is 25.7. The highest BCUT2D eigenvalue weighted by Crippen LogP contribution is 2.44. The predicted molar refractivity (Wildman–Crippen MR) is 128 cm³/mol. The van der Waals surface area contributed by atoms with Crippen LogP contribution in [0.15, 0.2) is 48.5 Å². The lowest BCUT2D eigenvalue weighted by Gasteiger charge is -2.31. The van der Waals surface area contributed by atoms with Crippen molar-refractivity contribution in [2.75, 3.05) is 13.7 Å². The Balaban J connectivity index is 1.69. The molecule has 0 aliphatic heterocycles. The number of ether oxygens (including phenoxy) is 2. The molecule has 3 rings (SSSR count). The molecular formula is C26H30N2O7. The number of hydrogen-bond donors (Lipinski definition) is 3. The van der Waals surface area contributed by atoms with E-state index in [0.717, 1.165) is 29.4 Å². The second-order valence-electron chi connectivity index (χ2n) is 9.45. The Morgan fingerprint density at radius 2 is 1.49 bits per heavy atom. The summed E-state index contributed by atoms with van der Waals surface area (Å²) in [6.07, 6.45) is -1.35. The Bertz CT molecular complexity index is 1080. The van der Waals surface area contributed by atoms with E-state index in [1.165, 1.54) is 0 Å². The maximum Gasteiger partial charge on any atom is 0.407 e. The molecule has 9 nitrogen and oxygen atoms in total. The van der Waals surface area contributed by atoms with Crippen LogP contribution in [-0.2, 0) is 23.9 Å². The number of methoxy groups -OCH3 is 1. The molecule has 186 valence electrons. The molecule has 2 atom stereocenters. The monoisotopic (exact) mass is 482 g/mol. The maximum absolute atomic E-state index is 12.9. The van der Waals surface area contributed by atoms with Crippen molar-refractivity contribution in [2.24, 2.45) is 5.41 Å².